The van der Waals surface area contributed by atoms with Gasteiger partial charge in [0, 0.05) is 16.7 Å². The summed E-state index contributed by atoms with van der Waals surface area (Å²) in [5.74, 6) is -3.30. The fraction of sp³-hybridized carbons (Fsp3) is 0.417. The lowest BCUT2D eigenvalue weighted by atomic mass is 10.1. The summed E-state index contributed by atoms with van der Waals surface area (Å²) in [6.07, 6.45) is 1.46. The molecule has 0 radical (unpaired) electrons. The number of halogens is 3. The highest BCUT2D eigenvalue weighted by molar-refractivity contribution is 8.13. The van der Waals surface area contributed by atoms with Gasteiger partial charge < -0.3 is 5.32 Å². The van der Waals surface area contributed by atoms with Gasteiger partial charge in [-0.1, -0.05) is 13.3 Å². The number of hydrogen-bond donors (Lipinski definition) is 1. The Balaban J connectivity index is 3.19. The number of carbonyl (C=O) groups excluding carboxylic acids is 1. The molecule has 0 aromatic heterocycles. The van der Waals surface area contributed by atoms with Crippen molar-refractivity contribution in [3.8, 4) is 0 Å². The van der Waals surface area contributed by atoms with Crippen molar-refractivity contribution in [1.29, 1.82) is 0 Å². The lowest BCUT2D eigenvalue weighted by molar-refractivity contribution is 0.0933. The summed E-state index contributed by atoms with van der Waals surface area (Å²) < 4.78 is 49.5. The molecule has 0 aliphatic heterocycles. The van der Waals surface area contributed by atoms with Crippen LogP contribution in [0.1, 0.15) is 37.0 Å². The van der Waals surface area contributed by atoms with Gasteiger partial charge in [-0.05, 0) is 25.5 Å². The van der Waals surface area contributed by atoms with Crippen LogP contribution >= 0.6 is 10.7 Å². The van der Waals surface area contributed by atoms with Gasteiger partial charge >= 0.3 is 0 Å². The molecule has 1 atom stereocenters. The maximum Gasteiger partial charge on any atom is 0.264 e. The van der Waals surface area contributed by atoms with Crippen LogP contribution < -0.4 is 5.32 Å². The summed E-state index contributed by atoms with van der Waals surface area (Å²) >= 11 is 0. The zero-order chi connectivity index (χ0) is 15.5. The Morgan fingerprint density at radius 1 is 1.40 bits per heavy atom. The Kier molecular flexibility index (Phi) is 5.47. The molecule has 1 aromatic rings. The highest BCUT2D eigenvalue weighted by Crippen LogP contribution is 2.23. The van der Waals surface area contributed by atoms with Gasteiger partial charge in [0.05, 0.1) is 5.56 Å². The maximum atomic E-state index is 13.9. The normalized spacial score (nSPS) is 13.1. The van der Waals surface area contributed by atoms with E-state index in [1.807, 2.05) is 6.92 Å². The summed E-state index contributed by atoms with van der Waals surface area (Å²) in [5, 5.41) is 2.46. The Hall–Kier alpha value is -1.21. The number of benzene rings is 1. The van der Waals surface area contributed by atoms with E-state index in [0.717, 1.165) is 6.42 Å². The predicted octanol–water partition coefficient (Wildman–Crippen LogP) is 2.81. The molecule has 0 saturated carbocycles. The van der Waals surface area contributed by atoms with E-state index < -0.39 is 37.1 Å². The Bertz CT molecular complexity index is 619. The Morgan fingerprint density at radius 3 is 2.50 bits per heavy atom. The van der Waals surface area contributed by atoms with Crippen molar-refractivity contribution in [2.75, 3.05) is 0 Å². The van der Waals surface area contributed by atoms with E-state index >= 15 is 0 Å². The zero-order valence-corrected chi connectivity index (χ0v) is 12.5. The monoisotopic (exact) mass is 325 g/mol. The first-order valence-electron chi connectivity index (χ1n) is 5.91. The fourth-order valence-corrected chi connectivity index (χ4v) is 2.63. The van der Waals surface area contributed by atoms with Gasteiger partial charge in [0.1, 0.15) is 10.7 Å². The molecule has 0 heterocycles. The van der Waals surface area contributed by atoms with Crippen LogP contribution in [0.2, 0.25) is 0 Å². The average Bonchev–Trinajstić information content (AvgIpc) is 2.30. The second kappa shape index (κ2) is 6.49. The molecule has 8 heteroatoms. The first kappa shape index (κ1) is 16.8. The molecule has 1 unspecified atom stereocenters. The molecule has 0 fully saturated rings. The number of carbonyl (C=O) groups is 1. The van der Waals surface area contributed by atoms with Crippen molar-refractivity contribution < 1.29 is 22.0 Å². The third kappa shape index (κ3) is 4.14. The second-order valence-corrected chi connectivity index (χ2v) is 6.90. The van der Waals surface area contributed by atoms with Gasteiger partial charge in [0.15, 0.2) is 5.82 Å². The van der Waals surface area contributed by atoms with E-state index in [2.05, 4.69) is 5.32 Å². The summed E-state index contributed by atoms with van der Waals surface area (Å²) in [6, 6.07) is 0.824. The number of amides is 1. The van der Waals surface area contributed by atoms with Gasteiger partial charge in [-0.15, -0.1) is 0 Å². The molecule has 1 rings (SSSR count). The summed E-state index contributed by atoms with van der Waals surface area (Å²) in [7, 11) is 0.528. The Labute approximate surface area is 120 Å². The summed E-state index contributed by atoms with van der Waals surface area (Å²) in [4.78, 5) is 10.8. The maximum absolute atomic E-state index is 13.9. The first-order chi connectivity index (χ1) is 9.16. The molecule has 112 valence electrons. The SMILES string of the molecule is CCCC(C)NC(=O)c1cc(F)cc(S(=O)(=O)Cl)c1F. The first-order valence-corrected chi connectivity index (χ1v) is 8.22. The van der Waals surface area contributed by atoms with Gasteiger partial charge in [0.2, 0.25) is 0 Å². The predicted molar refractivity (Wildman–Crippen MR) is 71.2 cm³/mol. The van der Waals surface area contributed by atoms with Crippen molar-refractivity contribution in [3.05, 3.63) is 29.3 Å². The Morgan fingerprint density at radius 2 is 2.00 bits per heavy atom. The summed E-state index contributed by atoms with van der Waals surface area (Å²) in [6.45, 7) is 3.61. The molecule has 0 aliphatic rings. The van der Waals surface area contributed by atoms with Gasteiger partial charge in [0.25, 0.3) is 15.0 Å². The minimum Gasteiger partial charge on any atom is -0.349 e. The second-order valence-electron chi connectivity index (χ2n) is 4.37. The highest BCUT2D eigenvalue weighted by Gasteiger charge is 2.24. The minimum atomic E-state index is -4.47. The molecule has 0 saturated heterocycles. The van der Waals surface area contributed by atoms with Crippen LogP contribution in [0.25, 0.3) is 0 Å². The third-order valence-corrected chi connectivity index (χ3v) is 3.93. The van der Waals surface area contributed by atoms with E-state index in [0.29, 0.717) is 18.6 Å². The van der Waals surface area contributed by atoms with Crippen molar-refractivity contribution in [2.45, 2.75) is 37.6 Å². The van der Waals surface area contributed by atoms with Crippen LogP contribution in [-0.4, -0.2) is 20.4 Å². The molecule has 1 N–H and O–H groups in total. The van der Waals surface area contributed by atoms with Gasteiger partial charge in [-0.2, -0.15) is 0 Å². The molecule has 0 aliphatic carbocycles. The largest absolute Gasteiger partial charge is 0.349 e. The number of rotatable bonds is 5. The van der Waals surface area contributed by atoms with Crippen molar-refractivity contribution in [2.24, 2.45) is 0 Å². The lowest BCUT2D eigenvalue weighted by Gasteiger charge is -2.13. The summed E-state index contributed by atoms with van der Waals surface area (Å²) in [5.41, 5.74) is -0.688. The van der Waals surface area contributed by atoms with E-state index in [4.69, 9.17) is 10.7 Å². The number of hydrogen-bond acceptors (Lipinski definition) is 3. The molecular weight excluding hydrogens is 312 g/mol. The molecular formula is C12H14ClF2NO3S. The standard InChI is InChI=1S/C12H14ClF2NO3S/c1-3-4-7(2)16-12(17)9-5-8(14)6-10(11(9)15)20(13,18)19/h5-7H,3-4H2,1-2H3,(H,16,17). The van der Waals surface area contributed by atoms with Crippen LogP contribution in [-0.2, 0) is 9.05 Å². The smallest absolute Gasteiger partial charge is 0.264 e. The molecule has 20 heavy (non-hydrogen) atoms. The lowest BCUT2D eigenvalue weighted by Crippen LogP contribution is -2.33. The fourth-order valence-electron chi connectivity index (χ4n) is 1.71. The van der Waals surface area contributed by atoms with E-state index in [-0.39, 0.29) is 6.04 Å². The zero-order valence-electron chi connectivity index (χ0n) is 10.9. The van der Waals surface area contributed by atoms with E-state index in [1.165, 1.54) is 0 Å². The molecule has 1 amide bonds. The third-order valence-electron chi connectivity index (χ3n) is 2.61. The molecule has 0 spiro atoms. The molecule has 4 nitrogen and oxygen atoms in total. The van der Waals surface area contributed by atoms with E-state index in [9.17, 15) is 22.0 Å². The quantitative estimate of drug-likeness (QED) is 0.847. The van der Waals surface area contributed by atoms with Crippen LogP contribution in [0.15, 0.2) is 17.0 Å². The van der Waals surface area contributed by atoms with Crippen LogP contribution in [0.4, 0.5) is 8.78 Å². The topological polar surface area (TPSA) is 63.2 Å². The minimum absolute atomic E-state index is 0.244. The van der Waals surface area contributed by atoms with Crippen LogP contribution in [0.5, 0.6) is 0 Å². The molecule has 1 aromatic carbocycles. The average molecular weight is 326 g/mol. The van der Waals surface area contributed by atoms with Crippen LogP contribution in [0, 0.1) is 11.6 Å². The van der Waals surface area contributed by atoms with Crippen molar-refractivity contribution in [3.63, 3.8) is 0 Å². The highest BCUT2D eigenvalue weighted by atomic mass is 35.7. The molecule has 0 bridgehead atoms. The van der Waals surface area contributed by atoms with Crippen molar-refractivity contribution in [1.82, 2.24) is 5.32 Å². The van der Waals surface area contributed by atoms with Gasteiger partial charge in [-0.3, -0.25) is 4.79 Å². The van der Waals surface area contributed by atoms with Crippen LogP contribution in [0.3, 0.4) is 0 Å². The number of nitrogens with one attached hydrogen (secondary N) is 1. The van der Waals surface area contributed by atoms with E-state index in [1.54, 1.807) is 6.92 Å². The van der Waals surface area contributed by atoms with Gasteiger partial charge in [-0.25, -0.2) is 17.2 Å². The van der Waals surface area contributed by atoms with Crippen molar-refractivity contribution >= 4 is 25.6 Å².